The van der Waals surface area contributed by atoms with E-state index in [0.29, 0.717) is 0 Å². The van der Waals surface area contributed by atoms with E-state index < -0.39 is 0 Å². The molecule has 43 heavy (non-hydrogen) atoms. The molecule has 0 spiro atoms. The normalized spacial score (nSPS) is 13.7. The minimum absolute atomic E-state index is 1.05. The summed E-state index contributed by atoms with van der Waals surface area (Å²) in [6.45, 7) is 5.81. The van der Waals surface area contributed by atoms with E-state index in [1.54, 1.807) is 12.3 Å². The van der Waals surface area contributed by atoms with E-state index in [4.69, 9.17) is 0 Å². The highest BCUT2D eigenvalue weighted by molar-refractivity contribution is 6.22. The number of benzene rings is 5. The Morgan fingerprint density at radius 3 is 1.98 bits per heavy atom. The van der Waals surface area contributed by atoms with Crippen molar-refractivity contribution >= 4 is 49.7 Å². The number of aliphatic imine (C=N–C) groups is 1. The lowest BCUT2D eigenvalue weighted by atomic mass is 9.83. The molecule has 0 atom stereocenters. The summed E-state index contributed by atoms with van der Waals surface area (Å²) in [7, 11) is 0. The van der Waals surface area contributed by atoms with Gasteiger partial charge in [-0.05, 0) is 97.1 Å². The van der Waals surface area contributed by atoms with Gasteiger partial charge >= 0.3 is 0 Å². The molecule has 0 aliphatic heterocycles. The van der Waals surface area contributed by atoms with E-state index in [-0.39, 0.29) is 0 Å². The molecule has 1 aromatic heterocycles. The molecule has 7 rings (SSSR count). The summed E-state index contributed by atoms with van der Waals surface area (Å²) in [5.74, 6) is 0. The molecule has 0 fully saturated rings. The van der Waals surface area contributed by atoms with E-state index in [0.717, 1.165) is 29.5 Å². The van der Waals surface area contributed by atoms with Crippen molar-refractivity contribution in [2.24, 2.45) is 4.99 Å². The summed E-state index contributed by atoms with van der Waals surface area (Å²) in [5.41, 5.74) is 9.60. The van der Waals surface area contributed by atoms with Crippen LogP contribution in [-0.2, 0) is 0 Å². The van der Waals surface area contributed by atoms with Crippen LogP contribution in [0.1, 0.15) is 30.9 Å². The Morgan fingerprint density at radius 2 is 1.33 bits per heavy atom. The third-order valence-corrected chi connectivity index (χ3v) is 8.40. The van der Waals surface area contributed by atoms with Crippen LogP contribution in [0.5, 0.6) is 0 Å². The number of rotatable bonds is 6. The fourth-order valence-corrected chi connectivity index (χ4v) is 6.52. The molecule has 0 saturated carbocycles. The molecule has 1 heterocycles. The van der Waals surface area contributed by atoms with Gasteiger partial charge in [0.25, 0.3) is 0 Å². The summed E-state index contributed by atoms with van der Waals surface area (Å²) >= 11 is 0. The smallest absolute Gasteiger partial charge is 0.0349 e. The summed E-state index contributed by atoms with van der Waals surface area (Å²) < 4.78 is 0. The van der Waals surface area contributed by atoms with Gasteiger partial charge in [0.05, 0.1) is 0 Å². The maximum Gasteiger partial charge on any atom is 0.0349 e. The summed E-state index contributed by atoms with van der Waals surface area (Å²) in [5, 5.41) is 7.58. The van der Waals surface area contributed by atoms with Crippen LogP contribution in [0.2, 0.25) is 0 Å². The van der Waals surface area contributed by atoms with Gasteiger partial charge in [-0.3, -0.25) is 9.98 Å². The van der Waals surface area contributed by atoms with E-state index >= 15 is 0 Å². The van der Waals surface area contributed by atoms with Crippen LogP contribution in [0.4, 0.5) is 0 Å². The standard InChI is InChI=1S/C41H32N2/c1-3-24-42-26-28(2)39-27-43-25-23-33(39)31-19-11-21-32-30(31)20-12-22-34(32)41-37-17-9-7-15-35(37)40(29-13-5-4-6-14-29)36-16-8-10-18-38(36)41/h3,5,7-27H,1,4,6H2,2H3/b28-26+,42-24-. The molecule has 1 aliphatic rings. The highest BCUT2D eigenvalue weighted by Crippen LogP contribution is 2.45. The topological polar surface area (TPSA) is 25.2 Å². The number of hydrogen-bond acceptors (Lipinski definition) is 2. The molecular weight excluding hydrogens is 520 g/mol. The fraction of sp³-hybridized carbons (Fsp3) is 0.0732. The third kappa shape index (κ3) is 4.71. The Balaban J connectivity index is 1.52. The van der Waals surface area contributed by atoms with Gasteiger partial charge in [0.1, 0.15) is 0 Å². The maximum atomic E-state index is 4.46. The van der Waals surface area contributed by atoms with Crippen molar-refractivity contribution in [1.29, 1.82) is 0 Å². The van der Waals surface area contributed by atoms with E-state index in [2.05, 4.69) is 133 Å². The molecule has 0 saturated heterocycles. The second-order valence-corrected chi connectivity index (χ2v) is 11.0. The van der Waals surface area contributed by atoms with Crippen molar-refractivity contribution in [2.45, 2.75) is 19.8 Å². The van der Waals surface area contributed by atoms with Crippen LogP contribution in [0.3, 0.4) is 0 Å². The van der Waals surface area contributed by atoms with Crippen molar-refractivity contribution in [3.8, 4) is 22.3 Å². The van der Waals surface area contributed by atoms with Gasteiger partial charge < -0.3 is 0 Å². The second kappa shape index (κ2) is 11.5. The Labute approximate surface area is 252 Å². The Bertz CT molecular complexity index is 2100. The maximum absolute atomic E-state index is 4.46. The van der Waals surface area contributed by atoms with Gasteiger partial charge in [0, 0.05) is 30.4 Å². The quantitative estimate of drug-likeness (QED) is 0.149. The lowest BCUT2D eigenvalue weighted by Gasteiger charge is -2.20. The Kier molecular flexibility index (Phi) is 7.10. The summed E-state index contributed by atoms with van der Waals surface area (Å²) in [4.78, 5) is 8.83. The molecule has 0 bridgehead atoms. The van der Waals surface area contributed by atoms with Crippen LogP contribution in [0.25, 0.3) is 65.7 Å². The molecule has 206 valence electrons. The molecule has 0 N–H and O–H groups in total. The minimum Gasteiger partial charge on any atom is -0.264 e. The third-order valence-electron chi connectivity index (χ3n) is 8.40. The number of aromatic nitrogens is 1. The average molecular weight is 553 g/mol. The Hall–Kier alpha value is -5.34. The number of fused-ring (bicyclic) bond motifs is 3. The van der Waals surface area contributed by atoms with Gasteiger partial charge in [0.15, 0.2) is 0 Å². The summed E-state index contributed by atoms with van der Waals surface area (Å²) in [6, 6.07) is 33.3. The van der Waals surface area contributed by atoms with Crippen molar-refractivity contribution in [3.63, 3.8) is 0 Å². The molecule has 5 aromatic carbocycles. The molecular formula is C41H32N2. The average Bonchev–Trinajstić information content (AvgIpc) is 3.07. The molecule has 1 aliphatic carbocycles. The molecule has 2 nitrogen and oxygen atoms in total. The van der Waals surface area contributed by atoms with Crippen LogP contribution >= 0.6 is 0 Å². The van der Waals surface area contributed by atoms with E-state index in [1.807, 2.05) is 18.6 Å². The van der Waals surface area contributed by atoms with Gasteiger partial charge in [0.2, 0.25) is 0 Å². The van der Waals surface area contributed by atoms with Crippen LogP contribution in [-0.4, -0.2) is 11.2 Å². The zero-order valence-electron chi connectivity index (χ0n) is 24.3. The highest BCUT2D eigenvalue weighted by Gasteiger charge is 2.19. The number of nitrogens with zero attached hydrogens (tertiary/aromatic N) is 2. The monoisotopic (exact) mass is 552 g/mol. The minimum atomic E-state index is 1.05. The van der Waals surface area contributed by atoms with Crippen molar-refractivity contribution < 1.29 is 0 Å². The Morgan fingerprint density at radius 1 is 0.698 bits per heavy atom. The van der Waals surface area contributed by atoms with Crippen molar-refractivity contribution in [1.82, 2.24) is 4.98 Å². The highest BCUT2D eigenvalue weighted by atomic mass is 14.7. The van der Waals surface area contributed by atoms with Crippen LogP contribution in [0, 0.1) is 0 Å². The van der Waals surface area contributed by atoms with Crippen LogP contribution in [0.15, 0.2) is 145 Å². The predicted octanol–water partition coefficient (Wildman–Crippen LogP) is 11.2. The first-order valence-corrected chi connectivity index (χ1v) is 14.8. The van der Waals surface area contributed by atoms with Gasteiger partial charge in [-0.1, -0.05) is 116 Å². The van der Waals surface area contributed by atoms with Gasteiger partial charge in [-0.2, -0.15) is 0 Å². The molecule has 2 heteroatoms. The molecule has 6 aromatic rings. The second-order valence-electron chi connectivity index (χ2n) is 11.0. The van der Waals surface area contributed by atoms with E-state index in [9.17, 15) is 0 Å². The lowest BCUT2D eigenvalue weighted by Crippen LogP contribution is -1.95. The molecule has 0 unspecified atom stereocenters. The number of allylic oxidation sites excluding steroid dienone is 6. The molecule has 0 radical (unpaired) electrons. The fourth-order valence-electron chi connectivity index (χ4n) is 6.52. The first-order valence-electron chi connectivity index (χ1n) is 14.8. The lowest BCUT2D eigenvalue weighted by molar-refractivity contribution is 1.04. The van der Waals surface area contributed by atoms with Crippen LogP contribution < -0.4 is 0 Å². The zero-order chi connectivity index (χ0) is 29.2. The SMILES string of the molecule is C=C/C=N\C=C(/C)c1cnccc1-c1cccc2c(-c3c4ccccc4c(C4=CCCC=C4)c4ccccc34)cccc12. The summed E-state index contributed by atoms with van der Waals surface area (Å²) in [6.07, 6.45) is 18.2. The van der Waals surface area contributed by atoms with Gasteiger partial charge in [-0.25, -0.2) is 0 Å². The predicted molar refractivity (Wildman–Crippen MR) is 186 cm³/mol. The number of hydrogen-bond donors (Lipinski definition) is 0. The van der Waals surface area contributed by atoms with Crippen molar-refractivity contribution in [3.05, 3.63) is 152 Å². The van der Waals surface area contributed by atoms with Crippen molar-refractivity contribution in [2.75, 3.05) is 0 Å². The largest absolute Gasteiger partial charge is 0.264 e. The zero-order valence-corrected chi connectivity index (χ0v) is 24.3. The van der Waals surface area contributed by atoms with E-state index in [1.165, 1.54) is 60.1 Å². The first-order chi connectivity index (χ1) is 21.3. The van der Waals surface area contributed by atoms with Gasteiger partial charge in [-0.15, -0.1) is 0 Å². The number of pyridine rings is 1. The molecule has 0 amide bonds. The first kappa shape index (κ1) is 26.6.